The number of hydrogen-bond acceptors (Lipinski definition) is 3. The summed E-state index contributed by atoms with van der Waals surface area (Å²) in [5.41, 5.74) is -1.28. The molecule has 0 heterocycles. The third-order valence-corrected chi connectivity index (χ3v) is 3.62. The Kier molecular flexibility index (Phi) is 5.99. The predicted octanol–water partition coefficient (Wildman–Crippen LogP) is 3.23. The number of hydrogen-bond donors (Lipinski definition) is 2. The molecule has 1 aliphatic rings. The number of amides is 2. The molecule has 0 bridgehead atoms. The fourth-order valence-corrected chi connectivity index (χ4v) is 2.39. The molecule has 2 N–H and O–H groups in total. The molecule has 0 saturated heterocycles. The van der Waals surface area contributed by atoms with Crippen LogP contribution in [0.2, 0.25) is 0 Å². The minimum Gasteiger partial charge on any atom is -0.444 e. The van der Waals surface area contributed by atoms with Crippen LogP contribution in [0.25, 0.3) is 0 Å². The molecule has 23 heavy (non-hydrogen) atoms. The standard InChI is InChI=1S/C16H28F2N2O3/c1-14(2,3)23-13(22)19-10-15(4,5)20-12(21)11-6-8-16(17,18)9-7-11/h11H,6-10H2,1-5H3,(H,19,22)(H,20,21). The van der Waals surface area contributed by atoms with Gasteiger partial charge in [-0.1, -0.05) is 0 Å². The van der Waals surface area contributed by atoms with Crippen LogP contribution >= 0.6 is 0 Å². The van der Waals surface area contributed by atoms with Crippen LogP contribution in [0.4, 0.5) is 13.6 Å². The third kappa shape index (κ3) is 7.61. The van der Waals surface area contributed by atoms with E-state index in [4.69, 9.17) is 4.74 Å². The summed E-state index contributed by atoms with van der Waals surface area (Å²) in [5, 5.41) is 5.42. The van der Waals surface area contributed by atoms with E-state index in [0.29, 0.717) is 0 Å². The molecule has 0 aromatic heterocycles. The Hall–Kier alpha value is -1.40. The Morgan fingerprint density at radius 1 is 1.13 bits per heavy atom. The van der Waals surface area contributed by atoms with Crippen LogP contribution in [0.15, 0.2) is 0 Å². The van der Waals surface area contributed by atoms with E-state index in [1.165, 1.54) is 0 Å². The Balaban J connectivity index is 2.42. The zero-order chi connectivity index (χ0) is 17.9. The van der Waals surface area contributed by atoms with Gasteiger partial charge in [-0.05, 0) is 47.5 Å². The number of ether oxygens (including phenoxy) is 1. The van der Waals surface area contributed by atoms with Crippen molar-refractivity contribution in [3.05, 3.63) is 0 Å². The van der Waals surface area contributed by atoms with Gasteiger partial charge in [0.25, 0.3) is 0 Å². The average molecular weight is 334 g/mol. The smallest absolute Gasteiger partial charge is 0.407 e. The van der Waals surface area contributed by atoms with Crippen molar-refractivity contribution in [3.8, 4) is 0 Å². The average Bonchev–Trinajstić information content (AvgIpc) is 2.33. The molecule has 1 rings (SSSR count). The molecule has 5 nitrogen and oxygen atoms in total. The molecule has 1 aliphatic carbocycles. The minimum atomic E-state index is -2.65. The van der Waals surface area contributed by atoms with Gasteiger partial charge in [0, 0.05) is 25.3 Å². The molecule has 1 fully saturated rings. The van der Waals surface area contributed by atoms with E-state index in [0.717, 1.165) is 0 Å². The number of halogens is 2. The van der Waals surface area contributed by atoms with E-state index >= 15 is 0 Å². The topological polar surface area (TPSA) is 67.4 Å². The monoisotopic (exact) mass is 334 g/mol. The molecular formula is C16H28F2N2O3. The zero-order valence-electron chi connectivity index (χ0n) is 14.6. The van der Waals surface area contributed by atoms with E-state index in [1.807, 2.05) is 0 Å². The number of carbonyl (C=O) groups excluding carboxylic acids is 2. The Labute approximate surface area is 136 Å². The van der Waals surface area contributed by atoms with Gasteiger partial charge in [0.2, 0.25) is 11.8 Å². The quantitative estimate of drug-likeness (QED) is 0.829. The molecule has 0 atom stereocenters. The van der Waals surface area contributed by atoms with Crippen LogP contribution in [0, 0.1) is 5.92 Å². The van der Waals surface area contributed by atoms with Crippen LogP contribution in [0.5, 0.6) is 0 Å². The molecular weight excluding hydrogens is 306 g/mol. The molecule has 0 radical (unpaired) electrons. The minimum absolute atomic E-state index is 0.189. The normalized spacial score (nSPS) is 19.1. The zero-order valence-corrected chi connectivity index (χ0v) is 14.6. The largest absolute Gasteiger partial charge is 0.444 e. The van der Waals surface area contributed by atoms with Crippen molar-refractivity contribution in [2.75, 3.05) is 6.54 Å². The molecule has 0 aliphatic heterocycles. The van der Waals surface area contributed by atoms with Gasteiger partial charge in [-0.25, -0.2) is 13.6 Å². The highest BCUT2D eigenvalue weighted by Gasteiger charge is 2.38. The lowest BCUT2D eigenvalue weighted by molar-refractivity contribution is -0.130. The second-order valence-corrected chi connectivity index (χ2v) is 7.86. The summed E-state index contributed by atoms with van der Waals surface area (Å²) in [6, 6.07) is 0. The first-order valence-electron chi connectivity index (χ1n) is 7.96. The lowest BCUT2D eigenvalue weighted by atomic mass is 9.85. The highest BCUT2D eigenvalue weighted by Crippen LogP contribution is 2.36. The van der Waals surface area contributed by atoms with Crippen molar-refractivity contribution in [1.82, 2.24) is 10.6 Å². The maximum Gasteiger partial charge on any atom is 0.407 e. The fraction of sp³-hybridized carbons (Fsp3) is 0.875. The maximum absolute atomic E-state index is 13.1. The molecule has 1 saturated carbocycles. The van der Waals surface area contributed by atoms with Crippen molar-refractivity contribution in [1.29, 1.82) is 0 Å². The van der Waals surface area contributed by atoms with Crippen molar-refractivity contribution >= 4 is 12.0 Å². The van der Waals surface area contributed by atoms with Crippen LogP contribution < -0.4 is 10.6 Å². The summed E-state index contributed by atoms with van der Waals surface area (Å²) < 4.78 is 31.4. The highest BCUT2D eigenvalue weighted by atomic mass is 19.3. The van der Waals surface area contributed by atoms with E-state index in [-0.39, 0.29) is 38.1 Å². The summed E-state index contributed by atoms with van der Waals surface area (Å²) in [6.07, 6.45) is -0.677. The van der Waals surface area contributed by atoms with Crippen molar-refractivity contribution < 1.29 is 23.1 Å². The molecule has 7 heteroatoms. The summed E-state index contributed by atoms with van der Waals surface area (Å²) in [4.78, 5) is 23.8. The number of alkyl carbamates (subject to hydrolysis) is 1. The second-order valence-electron chi connectivity index (χ2n) is 7.86. The van der Waals surface area contributed by atoms with Gasteiger partial charge in [0.05, 0.1) is 5.54 Å². The lowest BCUT2D eigenvalue weighted by Crippen LogP contribution is -2.53. The van der Waals surface area contributed by atoms with Gasteiger partial charge in [0.1, 0.15) is 5.60 Å². The first-order chi connectivity index (χ1) is 10.3. The van der Waals surface area contributed by atoms with Crippen molar-refractivity contribution in [2.45, 2.75) is 77.4 Å². The van der Waals surface area contributed by atoms with Gasteiger partial charge in [-0.3, -0.25) is 4.79 Å². The molecule has 0 aromatic carbocycles. The van der Waals surface area contributed by atoms with Gasteiger partial charge < -0.3 is 15.4 Å². The summed E-state index contributed by atoms with van der Waals surface area (Å²) >= 11 is 0. The number of alkyl halides is 2. The molecule has 2 amide bonds. The van der Waals surface area contributed by atoms with Crippen LogP contribution in [0.3, 0.4) is 0 Å². The molecule has 0 spiro atoms. The maximum atomic E-state index is 13.1. The Morgan fingerprint density at radius 2 is 1.65 bits per heavy atom. The third-order valence-electron chi connectivity index (χ3n) is 3.62. The Bertz CT molecular complexity index is 435. The van der Waals surface area contributed by atoms with E-state index in [1.54, 1.807) is 34.6 Å². The van der Waals surface area contributed by atoms with Gasteiger partial charge >= 0.3 is 6.09 Å². The van der Waals surface area contributed by atoms with Gasteiger partial charge in [-0.15, -0.1) is 0 Å². The van der Waals surface area contributed by atoms with Crippen LogP contribution in [-0.4, -0.2) is 35.6 Å². The van der Waals surface area contributed by atoms with E-state index in [9.17, 15) is 18.4 Å². The highest BCUT2D eigenvalue weighted by molar-refractivity contribution is 5.79. The summed E-state index contributed by atoms with van der Waals surface area (Å²) in [6.45, 7) is 9.00. The molecule has 0 aromatic rings. The second kappa shape index (κ2) is 7.01. The summed E-state index contributed by atoms with van der Waals surface area (Å²) in [7, 11) is 0. The van der Waals surface area contributed by atoms with Crippen molar-refractivity contribution in [2.24, 2.45) is 5.92 Å². The van der Waals surface area contributed by atoms with E-state index < -0.39 is 29.1 Å². The number of nitrogens with one attached hydrogen (secondary N) is 2. The SMILES string of the molecule is CC(C)(CNC(=O)OC(C)(C)C)NC(=O)C1CCC(F)(F)CC1. The fourth-order valence-electron chi connectivity index (χ4n) is 2.39. The molecule has 0 unspecified atom stereocenters. The van der Waals surface area contributed by atoms with Crippen LogP contribution in [0.1, 0.15) is 60.3 Å². The van der Waals surface area contributed by atoms with Gasteiger partial charge in [0.15, 0.2) is 0 Å². The summed E-state index contributed by atoms with van der Waals surface area (Å²) in [5.74, 6) is -3.28. The first kappa shape index (κ1) is 19.6. The van der Waals surface area contributed by atoms with E-state index in [2.05, 4.69) is 10.6 Å². The van der Waals surface area contributed by atoms with Crippen molar-refractivity contribution in [3.63, 3.8) is 0 Å². The number of rotatable bonds is 4. The number of carbonyl (C=O) groups is 2. The Morgan fingerprint density at radius 3 is 2.13 bits per heavy atom. The van der Waals surface area contributed by atoms with Gasteiger partial charge in [-0.2, -0.15) is 0 Å². The predicted molar refractivity (Wildman–Crippen MR) is 83.4 cm³/mol. The van der Waals surface area contributed by atoms with Crippen LogP contribution in [-0.2, 0) is 9.53 Å². The lowest BCUT2D eigenvalue weighted by Gasteiger charge is -2.32. The molecule has 134 valence electrons. The first-order valence-corrected chi connectivity index (χ1v) is 7.96.